The van der Waals surface area contributed by atoms with E-state index in [1.54, 1.807) is 6.92 Å². The molecule has 2 aromatic carbocycles. The number of methoxy groups -OCH3 is 1. The van der Waals surface area contributed by atoms with Gasteiger partial charge in [0.2, 0.25) is 18.6 Å². The quantitative estimate of drug-likeness (QED) is 0.166. The van der Waals surface area contributed by atoms with Crippen molar-refractivity contribution in [3.8, 4) is 28.7 Å². The monoisotopic (exact) mass is 680 g/mol. The normalized spacial score (nSPS) is 24.3. The van der Waals surface area contributed by atoms with Gasteiger partial charge in [0.25, 0.3) is 0 Å². The molecule has 0 spiro atoms. The number of nitrogens with one attached hydrogen (secondary N) is 2. The lowest BCUT2D eigenvalue weighted by atomic mass is 9.73. The largest absolute Gasteiger partial charge is 0.504 e. The number of esters is 1. The average molecular weight is 681 g/mol. The number of aliphatic hydroxyl groups excluding tert-OH is 1. The van der Waals surface area contributed by atoms with Gasteiger partial charge in [-0.15, -0.1) is 0 Å². The van der Waals surface area contributed by atoms with Gasteiger partial charge in [0.05, 0.1) is 25.2 Å². The minimum Gasteiger partial charge on any atom is -0.504 e. The molecule has 266 valence electrons. The number of amides is 2. The van der Waals surface area contributed by atoms with Crippen LogP contribution in [0.25, 0.3) is 0 Å². The van der Waals surface area contributed by atoms with Gasteiger partial charge in [-0.05, 0) is 58.2 Å². The van der Waals surface area contributed by atoms with Crippen LogP contribution >= 0.6 is 0 Å². The van der Waals surface area contributed by atoms with Crippen molar-refractivity contribution >= 4 is 17.8 Å². The number of rotatable bonds is 10. The van der Waals surface area contributed by atoms with E-state index in [9.17, 15) is 24.6 Å². The number of carbonyl (C=O) groups excluding carboxylic acids is 3. The summed E-state index contributed by atoms with van der Waals surface area (Å²) in [5, 5.41) is 29.7. The first-order valence-electron chi connectivity index (χ1n) is 17.2. The number of benzene rings is 2. The standard InChI is InChI=1S/C36H48N4O9/c1-8-9-10-11-26(42)38-19(4)35(44)37-15-25-28-22(32(49-20(5)41)18(3)33-34(28)48-16-47-33)14-23-29-27-21(12-17(2)31(46-7)30(27)43)13-24(39(29)6)36(45)40(23)25/h12,19,23-25,29,36,43,45H,8-11,13-16H2,1-7H3,(H,37,44)(H,38,42)/t19-,23?,24+,25-,29+,36-/m0/s1. The molecule has 1 unspecified atom stereocenters. The van der Waals surface area contributed by atoms with Gasteiger partial charge < -0.3 is 39.8 Å². The molecule has 13 heteroatoms. The maximum atomic E-state index is 13.5. The van der Waals surface area contributed by atoms with E-state index in [1.165, 1.54) is 14.0 Å². The van der Waals surface area contributed by atoms with Crippen molar-refractivity contribution in [1.82, 2.24) is 20.4 Å². The Morgan fingerprint density at radius 1 is 1.08 bits per heavy atom. The third-order valence-corrected chi connectivity index (χ3v) is 10.6. The Kier molecular flexibility index (Phi) is 9.71. The molecular weight excluding hydrogens is 632 g/mol. The zero-order valence-electron chi connectivity index (χ0n) is 29.3. The minimum absolute atomic E-state index is 0.0350. The van der Waals surface area contributed by atoms with E-state index in [0.29, 0.717) is 59.0 Å². The molecule has 6 rings (SSSR count). The number of piperazine rings is 1. The van der Waals surface area contributed by atoms with E-state index in [-0.39, 0.29) is 36.9 Å². The van der Waals surface area contributed by atoms with Gasteiger partial charge in [0, 0.05) is 48.2 Å². The Morgan fingerprint density at radius 3 is 2.51 bits per heavy atom. The molecule has 0 aromatic heterocycles. The molecule has 4 heterocycles. The van der Waals surface area contributed by atoms with Crippen LogP contribution in [-0.4, -0.2) is 89.6 Å². The molecule has 4 aliphatic rings. The van der Waals surface area contributed by atoms with E-state index in [2.05, 4.69) is 22.5 Å². The number of nitrogens with zero attached hydrogens (tertiary/aromatic N) is 2. The summed E-state index contributed by atoms with van der Waals surface area (Å²) in [4.78, 5) is 42.6. The van der Waals surface area contributed by atoms with Crippen molar-refractivity contribution in [2.24, 2.45) is 0 Å². The van der Waals surface area contributed by atoms with Gasteiger partial charge in [0.15, 0.2) is 23.0 Å². The molecule has 0 saturated carbocycles. The van der Waals surface area contributed by atoms with Crippen LogP contribution < -0.4 is 29.6 Å². The second-order valence-corrected chi connectivity index (χ2v) is 13.7. The Labute approximate surface area is 286 Å². The van der Waals surface area contributed by atoms with Gasteiger partial charge in [-0.2, -0.15) is 0 Å². The van der Waals surface area contributed by atoms with Crippen LogP contribution in [0.1, 0.15) is 91.9 Å². The van der Waals surface area contributed by atoms with Gasteiger partial charge in [0.1, 0.15) is 18.0 Å². The van der Waals surface area contributed by atoms with Crippen molar-refractivity contribution < 1.29 is 43.5 Å². The molecule has 4 aliphatic heterocycles. The number of ether oxygens (including phenoxy) is 4. The summed E-state index contributed by atoms with van der Waals surface area (Å²) in [5.74, 6) is 0.688. The number of likely N-dealkylation sites (N-methyl/N-ethyl adjacent to an activating group) is 1. The lowest BCUT2D eigenvalue weighted by molar-refractivity contribution is -0.172. The molecule has 2 amide bonds. The summed E-state index contributed by atoms with van der Waals surface area (Å²) in [6.45, 7) is 8.76. The van der Waals surface area contributed by atoms with E-state index < -0.39 is 36.4 Å². The van der Waals surface area contributed by atoms with Crippen molar-refractivity contribution in [3.63, 3.8) is 0 Å². The molecule has 0 radical (unpaired) electrons. The predicted octanol–water partition coefficient (Wildman–Crippen LogP) is 3.07. The molecule has 6 atom stereocenters. The van der Waals surface area contributed by atoms with Crippen LogP contribution in [0.15, 0.2) is 6.07 Å². The Bertz CT molecular complexity index is 1660. The first-order chi connectivity index (χ1) is 23.4. The molecule has 2 aromatic rings. The third kappa shape index (κ3) is 5.95. The molecule has 4 N–H and O–H groups in total. The van der Waals surface area contributed by atoms with Gasteiger partial charge in [-0.1, -0.05) is 25.8 Å². The van der Waals surface area contributed by atoms with E-state index in [1.807, 2.05) is 31.9 Å². The molecule has 1 saturated heterocycles. The van der Waals surface area contributed by atoms with Gasteiger partial charge in [-0.25, -0.2) is 0 Å². The van der Waals surface area contributed by atoms with Crippen LogP contribution in [0, 0.1) is 13.8 Å². The fourth-order valence-electron chi connectivity index (χ4n) is 8.39. The molecule has 1 fully saturated rings. The molecule has 13 nitrogen and oxygen atoms in total. The maximum Gasteiger partial charge on any atom is 0.308 e. The Morgan fingerprint density at radius 2 is 1.82 bits per heavy atom. The summed E-state index contributed by atoms with van der Waals surface area (Å²) in [6, 6.07) is -0.597. The third-order valence-electron chi connectivity index (χ3n) is 10.6. The maximum absolute atomic E-state index is 13.5. The SMILES string of the molecule is CCCCCC(=O)N[C@@H](C)C(=O)NC[C@H]1c2c(c(OC(C)=O)c(C)c3c2OCO3)CC2[C@@H]3c4c(cc(C)c(OC)c4O)C[C@H]([C@H](O)N21)N3C. The number of aliphatic hydroxyl groups is 1. The number of carbonyl (C=O) groups is 3. The summed E-state index contributed by atoms with van der Waals surface area (Å²) in [5.41, 5.74) is 4.44. The smallest absolute Gasteiger partial charge is 0.308 e. The summed E-state index contributed by atoms with van der Waals surface area (Å²) < 4.78 is 23.4. The van der Waals surface area contributed by atoms with Gasteiger partial charge in [-0.3, -0.25) is 24.2 Å². The van der Waals surface area contributed by atoms with Crippen LogP contribution in [0.4, 0.5) is 0 Å². The van der Waals surface area contributed by atoms with Crippen molar-refractivity contribution in [2.75, 3.05) is 27.5 Å². The number of phenolic OH excluding ortho intramolecular Hbond substituents is 1. The second-order valence-electron chi connectivity index (χ2n) is 13.7. The molecule has 0 aliphatic carbocycles. The highest BCUT2D eigenvalue weighted by atomic mass is 16.7. The number of hydrogen-bond acceptors (Lipinski definition) is 11. The van der Waals surface area contributed by atoms with Crippen molar-refractivity contribution in [2.45, 2.75) is 110 Å². The highest BCUT2D eigenvalue weighted by molar-refractivity contribution is 5.87. The fraction of sp³-hybridized carbons (Fsp3) is 0.583. The molecule has 2 bridgehead atoms. The van der Waals surface area contributed by atoms with Crippen molar-refractivity contribution in [1.29, 1.82) is 0 Å². The first-order valence-corrected chi connectivity index (χ1v) is 17.2. The summed E-state index contributed by atoms with van der Waals surface area (Å²) >= 11 is 0. The van der Waals surface area contributed by atoms with Crippen molar-refractivity contribution in [3.05, 3.63) is 39.4 Å². The zero-order chi connectivity index (χ0) is 35.3. The molecule has 49 heavy (non-hydrogen) atoms. The zero-order valence-corrected chi connectivity index (χ0v) is 29.3. The molecular formula is C36H48N4O9. The van der Waals surface area contributed by atoms with E-state index in [4.69, 9.17) is 18.9 Å². The predicted molar refractivity (Wildman–Crippen MR) is 179 cm³/mol. The summed E-state index contributed by atoms with van der Waals surface area (Å²) in [6.07, 6.45) is 2.85. The first kappa shape index (κ1) is 34.8. The summed E-state index contributed by atoms with van der Waals surface area (Å²) in [7, 11) is 3.47. The number of aryl methyl sites for hydroxylation is 1. The van der Waals surface area contributed by atoms with Crippen LogP contribution in [0.2, 0.25) is 0 Å². The number of hydrogen-bond donors (Lipinski definition) is 4. The Balaban J connectivity index is 1.44. The van der Waals surface area contributed by atoms with E-state index >= 15 is 0 Å². The number of phenols is 1. The van der Waals surface area contributed by atoms with Crippen LogP contribution in [-0.2, 0) is 27.2 Å². The second kappa shape index (κ2) is 13.7. The number of unbranched alkanes of at least 4 members (excludes halogenated alkanes) is 2. The topological polar surface area (TPSA) is 159 Å². The van der Waals surface area contributed by atoms with E-state index in [0.717, 1.165) is 36.0 Å². The fourth-order valence-corrected chi connectivity index (χ4v) is 8.39. The number of aromatic hydroxyl groups is 1. The highest BCUT2D eigenvalue weighted by Crippen LogP contribution is 2.58. The lowest BCUT2D eigenvalue weighted by Crippen LogP contribution is -2.69. The highest BCUT2D eigenvalue weighted by Gasteiger charge is 2.56. The van der Waals surface area contributed by atoms with Crippen LogP contribution in [0.5, 0.6) is 28.7 Å². The average Bonchev–Trinajstić information content (AvgIpc) is 3.54. The lowest BCUT2D eigenvalue weighted by Gasteiger charge is -2.60. The Hall–Kier alpha value is -4.07. The number of fused-ring (bicyclic) bond motifs is 9. The van der Waals surface area contributed by atoms with Crippen LogP contribution in [0.3, 0.4) is 0 Å². The van der Waals surface area contributed by atoms with Gasteiger partial charge >= 0.3 is 5.97 Å². The minimum atomic E-state index is -0.980.